The van der Waals surface area contributed by atoms with Gasteiger partial charge in [0.25, 0.3) is 0 Å². The monoisotopic (exact) mass is 254 g/mol. The van der Waals surface area contributed by atoms with Crippen LogP contribution in [0.2, 0.25) is 0 Å². The Labute approximate surface area is 104 Å². The van der Waals surface area contributed by atoms with Gasteiger partial charge in [-0.05, 0) is 26.0 Å². The molecule has 0 spiro atoms. The molecule has 1 rings (SSSR count). The van der Waals surface area contributed by atoms with Crippen LogP contribution in [-0.4, -0.2) is 29.4 Å². The number of thioether (sulfide) groups is 1. The Morgan fingerprint density at radius 3 is 2.71 bits per heavy atom. The van der Waals surface area contributed by atoms with Crippen molar-refractivity contribution in [2.45, 2.75) is 18.7 Å². The fraction of sp³-hybridized carbons (Fsp3) is 0.333. The van der Waals surface area contributed by atoms with Crippen molar-refractivity contribution in [1.82, 2.24) is 0 Å². The van der Waals surface area contributed by atoms with E-state index in [2.05, 4.69) is 0 Å². The van der Waals surface area contributed by atoms with Crippen molar-refractivity contribution < 1.29 is 19.4 Å². The number of benzene rings is 1. The third kappa shape index (κ3) is 4.11. The van der Waals surface area contributed by atoms with Crippen molar-refractivity contribution >= 4 is 23.7 Å². The molecule has 0 aromatic heterocycles. The highest BCUT2D eigenvalue weighted by atomic mass is 32.2. The van der Waals surface area contributed by atoms with Crippen molar-refractivity contribution in [3.8, 4) is 0 Å². The second-order valence-corrected chi connectivity index (χ2v) is 4.42. The van der Waals surface area contributed by atoms with Gasteiger partial charge in [-0.2, -0.15) is 0 Å². The van der Waals surface area contributed by atoms with E-state index in [1.807, 2.05) is 13.0 Å². The Morgan fingerprint density at radius 2 is 2.12 bits per heavy atom. The van der Waals surface area contributed by atoms with Crippen LogP contribution in [0.25, 0.3) is 0 Å². The summed E-state index contributed by atoms with van der Waals surface area (Å²) in [5, 5.41) is 9.03. The average Bonchev–Trinajstić information content (AvgIpc) is 2.27. The molecular weight excluding hydrogens is 240 g/mol. The Morgan fingerprint density at radius 1 is 1.41 bits per heavy atom. The summed E-state index contributed by atoms with van der Waals surface area (Å²) in [6, 6.07) is 5.12. The summed E-state index contributed by atoms with van der Waals surface area (Å²) in [4.78, 5) is 22.8. The summed E-state index contributed by atoms with van der Waals surface area (Å²) in [7, 11) is 0. The lowest BCUT2D eigenvalue weighted by atomic mass is 10.1. The van der Waals surface area contributed by atoms with Crippen LogP contribution in [0.4, 0.5) is 0 Å². The van der Waals surface area contributed by atoms with E-state index in [1.54, 1.807) is 19.1 Å². The van der Waals surface area contributed by atoms with Gasteiger partial charge in [-0.15, -0.1) is 11.8 Å². The zero-order valence-electron chi connectivity index (χ0n) is 9.73. The second-order valence-electron chi connectivity index (χ2n) is 3.40. The van der Waals surface area contributed by atoms with Crippen molar-refractivity contribution in [2.75, 3.05) is 12.4 Å². The molecule has 0 unspecified atom stereocenters. The fourth-order valence-electron chi connectivity index (χ4n) is 1.28. The van der Waals surface area contributed by atoms with E-state index < -0.39 is 5.97 Å². The smallest absolute Gasteiger partial charge is 0.336 e. The van der Waals surface area contributed by atoms with Crippen LogP contribution in [0, 0.1) is 6.92 Å². The number of carbonyl (C=O) groups excluding carboxylic acids is 1. The molecule has 0 bridgehead atoms. The first-order valence-electron chi connectivity index (χ1n) is 5.17. The topological polar surface area (TPSA) is 63.6 Å². The lowest BCUT2D eigenvalue weighted by Crippen LogP contribution is -2.07. The molecule has 92 valence electrons. The van der Waals surface area contributed by atoms with Crippen LogP contribution < -0.4 is 0 Å². The van der Waals surface area contributed by atoms with Gasteiger partial charge in [-0.1, -0.05) is 11.6 Å². The van der Waals surface area contributed by atoms with Gasteiger partial charge >= 0.3 is 11.9 Å². The zero-order valence-corrected chi connectivity index (χ0v) is 10.5. The number of carbonyl (C=O) groups is 2. The highest BCUT2D eigenvalue weighted by molar-refractivity contribution is 8.00. The van der Waals surface area contributed by atoms with Crippen LogP contribution >= 0.6 is 11.8 Å². The molecule has 0 fully saturated rings. The van der Waals surface area contributed by atoms with Crippen LogP contribution in [0.5, 0.6) is 0 Å². The van der Waals surface area contributed by atoms with Gasteiger partial charge in [-0.25, -0.2) is 4.79 Å². The highest BCUT2D eigenvalue weighted by Gasteiger charge is 2.12. The molecule has 0 saturated carbocycles. The predicted molar refractivity (Wildman–Crippen MR) is 65.5 cm³/mol. The van der Waals surface area contributed by atoms with Gasteiger partial charge in [0.05, 0.1) is 17.9 Å². The van der Waals surface area contributed by atoms with Gasteiger partial charge in [0.2, 0.25) is 0 Å². The Hall–Kier alpha value is -1.49. The van der Waals surface area contributed by atoms with Gasteiger partial charge in [0, 0.05) is 4.90 Å². The average molecular weight is 254 g/mol. The van der Waals surface area contributed by atoms with Crippen LogP contribution in [-0.2, 0) is 9.53 Å². The summed E-state index contributed by atoms with van der Waals surface area (Å²) in [6.45, 7) is 3.89. The summed E-state index contributed by atoms with van der Waals surface area (Å²) in [6.07, 6.45) is 0. The Bertz CT molecular complexity index is 429. The van der Waals surface area contributed by atoms with E-state index in [0.29, 0.717) is 11.5 Å². The van der Waals surface area contributed by atoms with E-state index in [-0.39, 0.29) is 17.3 Å². The van der Waals surface area contributed by atoms with E-state index in [1.165, 1.54) is 11.8 Å². The molecule has 0 aliphatic carbocycles. The predicted octanol–water partition coefficient (Wildman–Crippen LogP) is 2.35. The third-order valence-electron chi connectivity index (χ3n) is 2.02. The first-order chi connectivity index (χ1) is 8.04. The first-order valence-corrected chi connectivity index (χ1v) is 6.15. The maximum Gasteiger partial charge on any atom is 0.336 e. The molecule has 1 aromatic rings. The van der Waals surface area contributed by atoms with Gasteiger partial charge in [-0.3, -0.25) is 4.79 Å². The van der Waals surface area contributed by atoms with Crippen molar-refractivity contribution in [3.05, 3.63) is 29.3 Å². The molecule has 17 heavy (non-hydrogen) atoms. The molecule has 0 amide bonds. The molecule has 0 aliphatic rings. The van der Waals surface area contributed by atoms with Crippen LogP contribution in [0.3, 0.4) is 0 Å². The molecule has 1 N–H and O–H groups in total. The number of aromatic carboxylic acids is 1. The number of hydrogen-bond donors (Lipinski definition) is 1. The van der Waals surface area contributed by atoms with Crippen molar-refractivity contribution in [3.63, 3.8) is 0 Å². The van der Waals surface area contributed by atoms with Crippen LogP contribution in [0.15, 0.2) is 23.1 Å². The van der Waals surface area contributed by atoms with Gasteiger partial charge < -0.3 is 9.84 Å². The largest absolute Gasteiger partial charge is 0.478 e. The minimum atomic E-state index is -0.986. The molecule has 4 nitrogen and oxygen atoms in total. The maximum absolute atomic E-state index is 11.2. The number of aryl methyl sites for hydroxylation is 1. The highest BCUT2D eigenvalue weighted by Crippen LogP contribution is 2.24. The maximum atomic E-state index is 11.2. The minimum Gasteiger partial charge on any atom is -0.478 e. The minimum absolute atomic E-state index is 0.122. The Balaban J connectivity index is 2.77. The quantitative estimate of drug-likeness (QED) is 0.645. The van der Waals surface area contributed by atoms with E-state index in [4.69, 9.17) is 9.84 Å². The number of rotatable bonds is 5. The first kappa shape index (κ1) is 13.6. The number of carboxylic acids is 1. The lowest BCUT2D eigenvalue weighted by molar-refractivity contribution is -0.139. The number of hydrogen-bond acceptors (Lipinski definition) is 4. The zero-order chi connectivity index (χ0) is 12.8. The molecule has 0 atom stereocenters. The number of ether oxygens (including phenoxy) is 1. The molecule has 0 heterocycles. The molecule has 0 radical (unpaired) electrons. The van der Waals surface area contributed by atoms with Gasteiger partial charge in [0.1, 0.15) is 0 Å². The summed E-state index contributed by atoms with van der Waals surface area (Å²) < 4.78 is 4.78. The Kier molecular flexibility index (Phi) is 5.03. The van der Waals surface area contributed by atoms with E-state index >= 15 is 0 Å². The number of esters is 1. The standard InChI is InChI=1S/C12H14O4S/c1-3-16-11(13)7-17-10-5-4-8(2)6-9(10)12(14)15/h4-6H,3,7H2,1-2H3,(H,14,15). The molecule has 0 saturated heterocycles. The SMILES string of the molecule is CCOC(=O)CSc1ccc(C)cc1C(=O)O. The fourth-order valence-corrected chi connectivity index (χ4v) is 2.10. The molecule has 0 aliphatic heterocycles. The van der Waals surface area contributed by atoms with Crippen LogP contribution in [0.1, 0.15) is 22.8 Å². The van der Waals surface area contributed by atoms with Crippen molar-refractivity contribution in [1.29, 1.82) is 0 Å². The molecule has 1 aromatic carbocycles. The number of carboxylic acid groups (broad SMARTS) is 1. The summed E-state index contributed by atoms with van der Waals surface area (Å²) in [5.41, 5.74) is 1.10. The molecule has 5 heteroatoms. The lowest BCUT2D eigenvalue weighted by Gasteiger charge is -2.06. The van der Waals surface area contributed by atoms with E-state index in [9.17, 15) is 9.59 Å². The summed E-state index contributed by atoms with van der Waals surface area (Å²) in [5.74, 6) is -1.20. The third-order valence-corrected chi connectivity index (χ3v) is 3.06. The van der Waals surface area contributed by atoms with Gasteiger partial charge in [0.15, 0.2) is 0 Å². The van der Waals surface area contributed by atoms with Crippen molar-refractivity contribution in [2.24, 2.45) is 0 Å². The van der Waals surface area contributed by atoms with E-state index in [0.717, 1.165) is 5.56 Å². The summed E-state index contributed by atoms with van der Waals surface area (Å²) >= 11 is 1.18. The second kappa shape index (κ2) is 6.30. The molecular formula is C12H14O4S. The normalized spacial score (nSPS) is 10.0.